The monoisotopic (exact) mass is 614 g/mol. The number of anilines is 1. The van der Waals surface area contributed by atoms with Gasteiger partial charge in [-0.05, 0) is 67.4 Å². The van der Waals surface area contributed by atoms with Crippen LogP contribution in [-0.4, -0.2) is 39.7 Å². The van der Waals surface area contributed by atoms with Gasteiger partial charge in [-0.2, -0.15) is 5.10 Å². The number of rotatable bonds is 14. The summed E-state index contributed by atoms with van der Waals surface area (Å²) >= 11 is 0. The van der Waals surface area contributed by atoms with Crippen LogP contribution < -0.4 is 24.9 Å². The first-order valence-corrected chi connectivity index (χ1v) is 15.4. The lowest BCUT2D eigenvalue weighted by molar-refractivity contribution is -0.121. The zero-order valence-corrected chi connectivity index (χ0v) is 25.2. The Labute approximate surface area is 257 Å². The summed E-state index contributed by atoms with van der Waals surface area (Å²) in [5.41, 5.74) is 5.30. The summed E-state index contributed by atoms with van der Waals surface area (Å²) in [6.07, 6.45) is 1.24. The van der Waals surface area contributed by atoms with Gasteiger partial charge in [0, 0.05) is 12.1 Å². The molecule has 4 rings (SSSR count). The van der Waals surface area contributed by atoms with Crippen molar-refractivity contribution >= 4 is 33.7 Å². The Bertz CT molecular complexity index is 1680. The van der Waals surface area contributed by atoms with E-state index in [4.69, 9.17) is 9.47 Å². The van der Waals surface area contributed by atoms with E-state index in [2.05, 4.69) is 20.6 Å². The number of ether oxygens (including phenoxy) is 2. The topological polar surface area (TPSA) is 135 Å². The molecular formula is C33H34N4O6S. The number of hydrazone groups is 1. The number of hydrogen-bond donors (Lipinski definition) is 3. The second kappa shape index (κ2) is 15.5. The van der Waals surface area contributed by atoms with E-state index in [1.807, 2.05) is 38.1 Å². The quantitative estimate of drug-likeness (QED) is 0.136. The van der Waals surface area contributed by atoms with Gasteiger partial charge in [0.15, 0.2) is 18.1 Å². The third-order valence-electron chi connectivity index (χ3n) is 6.31. The molecule has 0 aliphatic rings. The number of para-hydroxylation sites is 1. The summed E-state index contributed by atoms with van der Waals surface area (Å²) in [4.78, 5) is 25.2. The van der Waals surface area contributed by atoms with Crippen molar-refractivity contribution < 1.29 is 27.5 Å². The molecule has 0 aliphatic heterocycles. The molecule has 0 fully saturated rings. The lowest BCUT2D eigenvalue weighted by atomic mass is 10.0. The molecule has 44 heavy (non-hydrogen) atoms. The average molecular weight is 615 g/mol. The van der Waals surface area contributed by atoms with Gasteiger partial charge in [0.25, 0.3) is 5.91 Å². The number of carbonyl (C=O) groups excluding carboxylic acids is 2. The maximum atomic E-state index is 13.1. The first-order valence-electron chi connectivity index (χ1n) is 13.9. The molecule has 2 amide bonds. The minimum atomic E-state index is -3.89. The fraction of sp³-hybridized carbons (Fsp3) is 0.182. The van der Waals surface area contributed by atoms with Gasteiger partial charge in [-0.3, -0.25) is 9.59 Å². The molecular weight excluding hydrogens is 580 g/mol. The van der Waals surface area contributed by atoms with Gasteiger partial charge in [0.2, 0.25) is 15.9 Å². The molecule has 0 spiro atoms. The zero-order valence-electron chi connectivity index (χ0n) is 24.4. The highest BCUT2D eigenvalue weighted by Crippen LogP contribution is 2.28. The molecule has 0 radical (unpaired) electrons. The van der Waals surface area contributed by atoms with Crippen LogP contribution in [0.1, 0.15) is 36.1 Å². The molecule has 0 heterocycles. The van der Waals surface area contributed by atoms with Crippen LogP contribution in [0.4, 0.5) is 5.69 Å². The van der Waals surface area contributed by atoms with Gasteiger partial charge in [0.1, 0.15) is 0 Å². The van der Waals surface area contributed by atoms with E-state index in [9.17, 15) is 18.0 Å². The van der Waals surface area contributed by atoms with Gasteiger partial charge in [-0.15, -0.1) is 0 Å². The maximum absolute atomic E-state index is 13.1. The number of aryl methyl sites for hydroxylation is 1. The summed E-state index contributed by atoms with van der Waals surface area (Å²) in [7, 11) is -3.89. The van der Waals surface area contributed by atoms with Crippen molar-refractivity contribution in [3.63, 3.8) is 0 Å². The smallest absolute Gasteiger partial charge is 0.262 e. The molecule has 3 N–H and O–H groups in total. The number of sulfonamides is 1. The highest BCUT2D eigenvalue weighted by atomic mass is 32.2. The molecule has 228 valence electrons. The summed E-state index contributed by atoms with van der Waals surface area (Å²) < 4.78 is 40.1. The highest BCUT2D eigenvalue weighted by Gasteiger charge is 2.23. The van der Waals surface area contributed by atoms with Crippen molar-refractivity contribution in [2.75, 3.05) is 18.5 Å². The number of hydrogen-bond acceptors (Lipinski definition) is 7. The van der Waals surface area contributed by atoms with Crippen molar-refractivity contribution in [1.29, 1.82) is 0 Å². The van der Waals surface area contributed by atoms with Crippen molar-refractivity contribution in [3.8, 4) is 11.5 Å². The Balaban J connectivity index is 1.38. The van der Waals surface area contributed by atoms with Crippen molar-refractivity contribution in [2.24, 2.45) is 5.10 Å². The minimum Gasteiger partial charge on any atom is -0.490 e. The third-order valence-corrected chi connectivity index (χ3v) is 7.79. The van der Waals surface area contributed by atoms with Crippen molar-refractivity contribution in [3.05, 3.63) is 120 Å². The van der Waals surface area contributed by atoms with Crippen LogP contribution in [0, 0.1) is 6.92 Å². The second-order valence-electron chi connectivity index (χ2n) is 9.74. The standard InChI is InChI=1S/C33H34N4O6S/c1-3-42-31-20-25(16-19-30(31)43-23-33(39)35-27-12-8-5-9-13-27)22-34-36-32(38)21-29(26-10-6-4-7-11-26)37-44(40,41)28-17-14-24(2)15-18-28/h4-20,22,29,37H,3,21,23H2,1-2H3,(H,35,39)(H,36,38)/b34-22-/t29-/m0/s1. The van der Waals surface area contributed by atoms with Crippen LogP contribution >= 0.6 is 0 Å². The first-order chi connectivity index (χ1) is 21.2. The SMILES string of the molecule is CCOc1cc(/C=N\NC(=O)C[C@H](NS(=O)(=O)c2ccc(C)cc2)c2ccccc2)ccc1OCC(=O)Nc1ccccc1. The molecule has 0 unspecified atom stereocenters. The second-order valence-corrected chi connectivity index (χ2v) is 11.5. The fourth-order valence-electron chi connectivity index (χ4n) is 4.15. The molecule has 4 aromatic rings. The van der Waals surface area contributed by atoms with Crippen molar-refractivity contribution in [1.82, 2.24) is 10.1 Å². The van der Waals surface area contributed by atoms with E-state index >= 15 is 0 Å². The molecule has 0 saturated heterocycles. The molecule has 1 atom stereocenters. The summed E-state index contributed by atoms with van der Waals surface area (Å²) in [5, 5.41) is 6.80. The average Bonchev–Trinajstić information content (AvgIpc) is 3.01. The Hall–Kier alpha value is -5.00. The van der Waals surface area contributed by atoms with Crippen LogP contribution in [0.3, 0.4) is 0 Å². The molecule has 0 saturated carbocycles. The van der Waals surface area contributed by atoms with Crippen LogP contribution in [0.25, 0.3) is 0 Å². The molecule has 0 bridgehead atoms. The Morgan fingerprint density at radius 3 is 2.20 bits per heavy atom. The minimum absolute atomic E-state index is 0.108. The first kappa shape index (κ1) is 31.9. The number of amides is 2. The van der Waals surface area contributed by atoms with Crippen LogP contribution in [0.15, 0.2) is 113 Å². The number of nitrogens with zero attached hydrogens (tertiary/aromatic N) is 1. The van der Waals surface area contributed by atoms with Crippen LogP contribution in [0.2, 0.25) is 0 Å². The Morgan fingerprint density at radius 2 is 1.52 bits per heavy atom. The van der Waals surface area contributed by atoms with Gasteiger partial charge >= 0.3 is 0 Å². The number of nitrogens with one attached hydrogen (secondary N) is 3. The third kappa shape index (κ3) is 9.51. The lowest BCUT2D eigenvalue weighted by Crippen LogP contribution is -2.32. The summed E-state index contributed by atoms with van der Waals surface area (Å²) in [6.45, 7) is 3.84. The van der Waals surface area contributed by atoms with E-state index in [-0.39, 0.29) is 23.8 Å². The van der Waals surface area contributed by atoms with E-state index in [1.54, 1.807) is 66.7 Å². The van der Waals surface area contributed by atoms with E-state index < -0.39 is 22.0 Å². The van der Waals surface area contributed by atoms with E-state index in [0.29, 0.717) is 34.9 Å². The van der Waals surface area contributed by atoms with Gasteiger partial charge in [-0.25, -0.2) is 18.6 Å². The van der Waals surface area contributed by atoms with Gasteiger partial charge < -0.3 is 14.8 Å². The fourth-order valence-corrected chi connectivity index (χ4v) is 5.37. The lowest BCUT2D eigenvalue weighted by Gasteiger charge is -2.18. The van der Waals surface area contributed by atoms with Gasteiger partial charge in [0.05, 0.1) is 23.8 Å². The summed E-state index contributed by atoms with van der Waals surface area (Å²) in [5.74, 6) is -0.0224. The maximum Gasteiger partial charge on any atom is 0.262 e. The molecule has 4 aromatic carbocycles. The van der Waals surface area contributed by atoms with Crippen molar-refractivity contribution in [2.45, 2.75) is 31.2 Å². The highest BCUT2D eigenvalue weighted by molar-refractivity contribution is 7.89. The number of carbonyl (C=O) groups is 2. The van der Waals surface area contributed by atoms with Crippen LogP contribution in [0.5, 0.6) is 11.5 Å². The normalized spacial score (nSPS) is 12.0. The summed E-state index contributed by atoms with van der Waals surface area (Å²) in [6, 6.07) is 28.6. The Kier molecular flexibility index (Phi) is 11.2. The largest absolute Gasteiger partial charge is 0.490 e. The zero-order chi connectivity index (χ0) is 31.4. The molecule has 0 aromatic heterocycles. The predicted molar refractivity (Wildman–Crippen MR) is 169 cm³/mol. The predicted octanol–water partition coefficient (Wildman–Crippen LogP) is 4.97. The Morgan fingerprint density at radius 1 is 0.841 bits per heavy atom. The van der Waals surface area contributed by atoms with E-state index in [0.717, 1.165) is 5.56 Å². The number of benzene rings is 4. The molecule has 10 nitrogen and oxygen atoms in total. The van der Waals surface area contributed by atoms with Crippen LogP contribution in [-0.2, 0) is 19.6 Å². The van der Waals surface area contributed by atoms with E-state index in [1.165, 1.54) is 18.3 Å². The molecule has 0 aliphatic carbocycles. The molecule has 11 heteroatoms. The van der Waals surface area contributed by atoms with Gasteiger partial charge in [-0.1, -0.05) is 66.2 Å².